The normalized spacial score (nSPS) is 27.3. The quantitative estimate of drug-likeness (QED) is 0.892. The minimum atomic E-state index is 0.289. The van der Waals surface area contributed by atoms with Gasteiger partial charge in [0.2, 0.25) is 5.91 Å². The molecule has 4 rings (SSSR count). The van der Waals surface area contributed by atoms with Gasteiger partial charge in [-0.1, -0.05) is 18.2 Å². The number of carbonyl (C=O) groups excluding carboxylic acids is 1. The molecule has 1 N–H and O–H groups in total. The van der Waals surface area contributed by atoms with E-state index in [1.54, 1.807) is 0 Å². The summed E-state index contributed by atoms with van der Waals surface area (Å²) in [5.74, 6) is 0.289. The molecule has 2 saturated heterocycles. The standard InChI is InChI=1S/C17H23N3O/c21-17-11-13-3-1-2-4-16(13)20(17)14-6-9-19(10-7-14)15-5-8-18-12-15/h1-4,14-15,18H,5-12H2. The number of benzene rings is 1. The molecule has 1 aromatic carbocycles. The van der Waals surface area contributed by atoms with Gasteiger partial charge in [-0.25, -0.2) is 0 Å². The van der Waals surface area contributed by atoms with Crippen LogP contribution in [0, 0.1) is 0 Å². The third-order valence-electron chi connectivity index (χ3n) is 5.28. The van der Waals surface area contributed by atoms with Crippen molar-refractivity contribution in [2.75, 3.05) is 31.1 Å². The van der Waals surface area contributed by atoms with Crippen LogP contribution in [-0.2, 0) is 11.2 Å². The van der Waals surface area contributed by atoms with Gasteiger partial charge in [-0.15, -0.1) is 0 Å². The van der Waals surface area contributed by atoms with Gasteiger partial charge in [0, 0.05) is 37.4 Å². The van der Waals surface area contributed by atoms with E-state index in [4.69, 9.17) is 0 Å². The van der Waals surface area contributed by atoms with Crippen LogP contribution in [-0.4, -0.2) is 49.1 Å². The Hall–Kier alpha value is -1.39. The highest BCUT2D eigenvalue weighted by molar-refractivity contribution is 6.01. The fourth-order valence-electron chi connectivity index (χ4n) is 4.14. The first kappa shape index (κ1) is 13.3. The molecule has 0 aromatic heterocycles. The van der Waals surface area contributed by atoms with Crippen LogP contribution in [0.25, 0.3) is 0 Å². The third-order valence-corrected chi connectivity index (χ3v) is 5.28. The second kappa shape index (κ2) is 5.43. The molecule has 2 fully saturated rings. The summed E-state index contributed by atoms with van der Waals surface area (Å²) in [5.41, 5.74) is 2.36. The Morgan fingerprint density at radius 2 is 1.86 bits per heavy atom. The smallest absolute Gasteiger partial charge is 0.231 e. The lowest BCUT2D eigenvalue weighted by Gasteiger charge is -2.39. The number of anilines is 1. The van der Waals surface area contributed by atoms with Crippen molar-refractivity contribution in [3.8, 4) is 0 Å². The maximum absolute atomic E-state index is 12.4. The van der Waals surface area contributed by atoms with Crippen LogP contribution in [0.4, 0.5) is 5.69 Å². The monoisotopic (exact) mass is 285 g/mol. The first-order chi connectivity index (χ1) is 10.3. The van der Waals surface area contributed by atoms with E-state index in [2.05, 4.69) is 27.2 Å². The molecule has 0 saturated carbocycles. The molecule has 0 bridgehead atoms. The van der Waals surface area contributed by atoms with Crippen LogP contribution >= 0.6 is 0 Å². The molecule has 4 heteroatoms. The fraction of sp³-hybridized carbons (Fsp3) is 0.588. The SMILES string of the molecule is O=C1Cc2ccccc2N1C1CCN(C2CCNC2)CC1. The van der Waals surface area contributed by atoms with Crippen LogP contribution < -0.4 is 10.2 Å². The van der Waals surface area contributed by atoms with Gasteiger partial charge in [0.05, 0.1) is 6.42 Å². The van der Waals surface area contributed by atoms with Crippen molar-refractivity contribution in [1.29, 1.82) is 0 Å². The van der Waals surface area contributed by atoms with Gasteiger partial charge in [0.15, 0.2) is 0 Å². The molecule has 112 valence electrons. The average molecular weight is 285 g/mol. The Labute approximate surface area is 126 Å². The first-order valence-electron chi connectivity index (χ1n) is 8.17. The zero-order valence-corrected chi connectivity index (χ0v) is 12.4. The molecule has 3 aliphatic rings. The summed E-state index contributed by atoms with van der Waals surface area (Å²) in [4.78, 5) is 17.1. The van der Waals surface area contributed by atoms with E-state index >= 15 is 0 Å². The molecule has 1 aromatic rings. The van der Waals surface area contributed by atoms with Gasteiger partial charge in [0.25, 0.3) is 0 Å². The summed E-state index contributed by atoms with van der Waals surface area (Å²) in [6.07, 6.45) is 4.08. The molecular formula is C17H23N3O. The van der Waals surface area contributed by atoms with Crippen LogP contribution in [0.5, 0.6) is 0 Å². The number of likely N-dealkylation sites (tertiary alicyclic amines) is 1. The maximum atomic E-state index is 12.4. The van der Waals surface area contributed by atoms with Crippen molar-refractivity contribution in [2.24, 2.45) is 0 Å². The summed E-state index contributed by atoms with van der Waals surface area (Å²) in [6, 6.07) is 9.38. The minimum Gasteiger partial charge on any atom is -0.315 e. The molecule has 4 nitrogen and oxygen atoms in total. The van der Waals surface area contributed by atoms with E-state index in [9.17, 15) is 4.79 Å². The second-order valence-electron chi connectivity index (χ2n) is 6.48. The number of piperidine rings is 1. The summed E-state index contributed by atoms with van der Waals surface area (Å²) in [5, 5.41) is 3.45. The van der Waals surface area contributed by atoms with E-state index in [0.717, 1.165) is 44.7 Å². The van der Waals surface area contributed by atoms with Crippen LogP contribution in [0.3, 0.4) is 0 Å². The number of nitrogens with one attached hydrogen (secondary N) is 1. The van der Waals surface area contributed by atoms with E-state index < -0.39 is 0 Å². The number of carbonyl (C=O) groups is 1. The number of fused-ring (bicyclic) bond motifs is 1. The predicted octanol–water partition coefficient (Wildman–Crippen LogP) is 1.40. The lowest BCUT2D eigenvalue weighted by molar-refractivity contribution is -0.118. The Morgan fingerprint density at radius 1 is 1.05 bits per heavy atom. The number of hydrogen-bond acceptors (Lipinski definition) is 3. The van der Waals surface area contributed by atoms with Crippen molar-refractivity contribution in [1.82, 2.24) is 10.2 Å². The fourth-order valence-corrected chi connectivity index (χ4v) is 4.14. The van der Waals surface area contributed by atoms with Crippen LogP contribution in [0.2, 0.25) is 0 Å². The van der Waals surface area contributed by atoms with Gasteiger partial charge < -0.3 is 10.2 Å². The largest absolute Gasteiger partial charge is 0.315 e. The van der Waals surface area contributed by atoms with Gasteiger partial charge in [-0.2, -0.15) is 0 Å². The van der Waals surface area contributed by atoms with E-state index in [1.807, 2.05) is 12.1 Å². The topological polar surface area (TPSA) is 35.6 Å². The Bertz CT molecular complexity index is 531. The summed E-state index contributed by atoms with van der Waals surface area (Å²) >= 11 is 0. The lowest BCUT2D eigenvalue weighted by atomic mass is 10.0. The number of hydrogen-bond donors (Lipinski definition) is 1. The average Bonchev–Trinajstić information content (AvgIpc) is 3.14. The molecule has 0 aliphatic carbocycles. The lowest BCUT2D eigenvalue weighted by Crippen LogP contribution is -2.49. The van der Waals surface area contributed by atoms with Crippen molar-refractivity contribution < 1.29 is 4.79 Å². The third kappa shape index (κ3) is 2.36. The number of rotatable bonds is 2. The highest BCUT2D eigenvalue weighted by Crippen LogP contribution is 2.33. The first-order valence-corrected chi connectivity index (χ1v) is 8.17. The molecule has 3 aliphatic heterocycles. The predicted molar refractivity (Wildman–Crippen MR) is 83.5 cm³/mol. The number of amides is 1. The molecule has 21 heavy (non-hydrogen) atoms. The highest BCUT2D eigenvalue weighted by Gasteiger charge is 2.35. The Kier molecular flexibility index (Phi) is 3.43. The molecule has 1 unspecified atom stereocenters. The second-order valence-corrected chi connectivity index (χ2v) is 6.48. The van der Waals surface area contributed by atoms with E-state index in [0.29, 0.717) is 18.5 Å². The highest BCUT2D eigenvalue weighted by atomic mass is 16.2. The molecular weight excluding hydrogens is 262 g/mol. The molecule has 0 radical (unpaired) electrons. The van der Waals surface area contributed by atoms with E-state index in [1.165, 1.54) is 12.0 Å². The van der Waals surface area contributed by atoms with Gasteiger partial charge >= 0.3 is 0 Å². The van der Waals surface area contributed by atoms with Crippen molar-refractivity contribution in [2.45, 2.75) is 37.8 Å². The molecule has 3 heterocycles. The van der Waals surface area contributed by atoms with Crippen LogP contribution in [0.1, 0.15) is 24.8 Å². The number of para-hydroxylation sites is 1. The molecule has 1 atom stereocenters. The molecule has 0 spiro atoms. The van der Waals surface area contributed by atoms with Crippen molar-refractivity contribution in [3.05, 3.63) is 29.8 Å². The van der Waals surface area contributed by atoms with Gasteiger partial charge in [0.1, 0.15) is 0 Å². The summed E-state index contributed by atoms with van der Waals surface area (Å²) < 4.78 is 0. The number of nitrogens with zero attached hydrogens (tertiary/aromatic N) is 2. The zero-order chi connectivity index (χ0) is 14.2. The summed E-state index contributed by atoms with van der Waals surface area (Å²) in [6.45, 7) is 4.55. The van der Waals surface area contributed by atoms with Crippen LogP contribution in [0.15, 0.2) is 24.3 Å². The minimum absolute atomic E-state index is 0.289. The van der Waals surface area contributed by atoms with Crippen molar-refractivity contribution in [3.63, 3.8) is 0 Å². The van der Waals surface area contributed by atoms with Gasteiger partial charge in [-0.3, -0.25) is 9.69 Å². The van der Waals surface area contributed by atoms with Gasteiger partial charge in [-0.05, 0) is 37.4 Å². The summed E-state index contributed by atoms with van der Waals surface area (Å²) in [7, 11) is 0. The Morgan fingerprint density at radius 3 is 2.62 bits per heavy atom. The maximum Gasteiger partial charge on any atom is 0.231 e. The van der Waals surface area contributed by atoms with Crippen molar-refractivity contribution >= 4 is 11.6 Å². The van der Waals surface area contributed by atoms with E-state index in [-0.39, 0.29) is 5.91 Å². The zero-order valence-electron chi connectivity index (χ0n) is 12.4. The molecule has 1 amide bonds. The Balaban J connectivity index is 1.45.